The van der Waals surface area contributed by atoms with E-state index < -0.39 is 0 Å². The maximum Gasteiger partial charge on any atom is 0.335 e. The molecule has 0 aliphatic carbocycles. The number of hydrogen-bond acceptors (Lipinski definition) is 3. The van der Waals surface area contributed by atoms with E-state index in [9.17, 15) is 4.79 Å². The zero-order valence-corrected chi connectivity index (χ0v) is 6.79. The summed E-state index contributed by atoms with van der Waals surface area (Å²) in [6.45, 7) is 4.23. The number of carbonyl (C=O) groups is 1. The van der Waals surface area contributed by atoms with Crippen LogP contribution in [0.5, 0.6) is 0 Å². The summed E-state index contributed by atoms with van der Waals surface area (Å²) in [7, 11) is 0. The zero-order chi connectivity index (χ0) is 8.27. The van der Waals surface area contributed by atoms with Crippen LogP contribution in [0.3, 0.4) is 0 Å². The molecule has 1 aliphatic heterocycles. The Hall–Kier alpha value is -0.830. The number of esters is 1. The predicted molar refractivity (Wildman–Crippen MR) is 39.9 cm³/mol. The normalized spacial score (nSPS) is 24.2. The molecule has 1 fully saturated rings. The Morgan fingerprint density at radius 1 is 1.73 bits per heavy atom. The van der Waals surface area contributed by atoms with Crippen LogP contribution in [0.1, 0.15) is 20.3 Å². The fraction of sp³-hybridized carbons (Fsp3) is 0.625. The number of rotatable bonds is 2. The standard InChI is InChI=1S/C8H12O3/c1-3-6(2)8(9)11-7-4-5-10-7/h3,7H,4-5H2,1-2H3. The summed E-state index contributed by atoms with van der Waals surface area (Å²) in [5.41, 5.74) is 0.625. The second-order valence-corrected chi connectivity index (χ2v) is 2.47. The summed E-state index contributed by atoms with van der Waals surface area (Å²) in [4.78, 5) is 11.0. The van der Waals surface area contributed by atoms with E-state index in [4.69, 9.17) is 9.47 Å². The molecule has 3 heteroatoms. The Bertz CT molecular complexity index is 180. The van der Waals surface area contributed by atoms with E-state index in [1.165, 1.54) is 0 Å². The SMILES string of the molecule is CC=C(C)C(=O)OC1CCO1. The van der Waals surface area contributed by atoms with Gasteiger partial charge >= 0.3 is 5.97 Å². The van der Waals surface area contributed by atoms with Gasteiger partial charge < -0.3 is 9.47 Å². The fourth-order valence-electron chi connectivity index (χ4n) is 0.637. The van der Waals surface area contributed by atoms with Crippen LogP contribution in [0.15, 0.2) is 11.6 Å². The highest BCUT2D eigenvalue weighted by Gasteiger charge is 2.22. The predicted octanol–water partition coefficient (Wildman–Crippen LogP) is 1.24. The van der Waals surface area contributed by atoms with Gasteiger partial charge in [0.25, 0.3) is 0 Å². The molecule has 0 bridgehead atoms. The van der Waals surface area contributed by atoms with Crippen LogP contribution in [0.25, 0.3) is 0 Å². The largest absolute Gasteiger partial charge is 0.432 e. The van der Waals surface area contributed by atoms with Crippen LogP contribution < -0.4 is 0 Å². The summed E-state index contributed by atoms with van der Waals surface area (Å²) < 4.78 is 9.84. The average molecular weight is 156 g/mol. The van der Waals surface area contributed by atoms with E-state index in [1.807, 2.05) is 0 Å². The third-order valence-electron chi connectivity index (χ3n) is 1.65. The van der Waals surface area contributed by atoms with E-state index in [0.29, 0.717) is 12.2 Å². The van der Waals surface area contributed by atoms with Gasteiger partial charge in [-0.05, 0) is 13.8 Å². The summed E-state index contributed by atoms with van der Waals surface area (Å²) in [5, 5.41) is 0. The third-order valence-corrected chi connectivity index (χ3v) is 1.65. The van der Waals surface area contributed by atoms with Crippen molar-refractivity contribution >= 4 is 5.97 Å². The van der Waals surface area contributed by atoms with E-state index in [1.54, 1.807) is 19.9 Å². The number of allylic oxidation sites excluding steroid dienone is 1. The molecular weight excluding hydrogens is 144 g/mol. The maximum absolute atomic E-state index is 11.0. The number of hydrogen-bond donors (Lipinski definition) is 0. The molecule has 0 aromatic carbocycles. The molecule has 1 heterocycles. The summed E-state index contributed by atoms with van der Waals surface area (Å²) in [6, 6.07) is 0. The minimum absolute atomic E-state index is 0.280. The second kappa shape index (κ2) is 3.53. The van der Waals surface area contributed by atoms with Gasteiger partial charge in [0.2, 0.25) is 6.29 Å². The van der Waals surface area contributed by atoms with Crippen molar-refractivity contribution in [3.63, 3.8) is 0 Å². The highest BCUT2D eigenvalue weighted by Crippen LogP contribution is 2.13. The average Bonchev–Trinajstić information content (AvgIpc) is 1.94. The van der Waals surface area contributed by atoms with Gasteiger partial charge in [0.15, 0.2) is 0 Å². The third kappa shape index (κ3) is 2.05. The Balaban J connectivity index is 2.30. The van der Waals surface area contributed by atoms with Crippen molar-refractivity contribution in [2.45, 2.75) is 26.6 Å². The molecular formula is C8H12O3. The van der Waals surface area contributed by atoms with Crippen LogP contribution in [0.4, 0.5) is 0 Å². The second-order valence-electron chi connectivity index (χ2n) is 2.47. The monoisotopic (exact) mass is 156 g/mol. The first-order valence-corrected chi connectivity index (χ1v) is 3.69. The Labute approximate surface area is 66.0 Å². The topological polar surface area (TPSA) is 35.5 Å². The molecule has 0 saturated carbocycles. The zero-order valence-electron chi connectivity index (χ0n) is 6.79. The van der Waals surface area contributed by atoms with Crippen molar-refractivity contribution in [1.82, 2.24) is 0 Å². The first-order chi connectivity index (χ1) is 5.24. The van der Waals surface area contributed by atoms with Gasteiger partial charge in [0.05, 0.1) is 6.61 Å². The first kappa shape index (κ1) is 8.27. The van der Waals surface area contributed by atoms with Gasteiger partial charge in [-0.2, -0.15) is 0 Å². The van der Waals surface area contributed by atoms with Gasteiger partial charge in [-0.15, -0.1) is 0 Å². The van der Waals surface area contributed by atoms with Crippen molar-refractivity contribution in [3.8, 4) is 0 Å². The van der Waals surface area contributed by atoms with E-state index in [-0.39, 0.29) is 12.3 Å². The van der Waals surface area contributed by atoms with Gasteiger partial charge in [-0.3, -0.25) is 0 Å². The Morgan fingerprint density at radius 3 is 2.73 bits per heavy atom. The summed E-state index contributed by atoms with van der Waals surface area (Å²) in [5.74, 6) is -0.280. The molecule has 1 saturated heterocycles. The number of carbonyl (C=O) groups excluding carboxylic acids is 1. The van der Waals surface area contributed by atoms with Crippen molar-refractivity contribution in [2.24, 2.45) is 0 Å². The lowest BCUT2D eigenvalue weighted by atomic mass is 10.3. The van der Waals surface area contributed by atoms with Gasteiger partial charge in [0.1, 0.15) is 0 Å². The molecule has 11 heavy (non-hydrogen) atoms. The summed E-state index contributed by atoms with van der Waals surface area (Å²) >= 11 is 0. The maximum atomic E-state index is 11.0. The minimum Gasteiger partial charge on any atom is -0.432 e. The molecule has 0 spiro atoms. The quantitative estimate of drug-likeness (QED) is 0.445. The van der Waals surface area contributed by atoms with Gasteiger partial charge in [0, 0.05) is 12.0 Å². The molecule has 0 N–H and O–H groups in total. The lowest BCUT2D eigenvalue weighted by molar-refractivity contribution is -0.212. The minimum atomic E-state index is -0.294. The van der Waals surface area contributed by atoms with Crippen molar-refractivity contribution in [1.29, 1.82) is 0 Å². The molecule has 3 nitrogen and oxygen atoms in total. The van der Waals surface area contributed by atoms with E-state index >= 15 is 0 Å². The van der Waals surface area contributed by atoms with Crippen LogP contribution in [0.2, 0.25) is 0 Å². The van der Waals surface area contributed by atoms with Crippen molar-refractivity contribution < 1.29 is 14.3 Å². The molecule has 0 amide bonds. The number of ether oxygens (including phenoxy) is 2. The van der Waals surface area contributed by atoms with Crippen LogP contribution in [-0.4, -0.2) is 18.9 Å². The molecule has 0 aromatic rings. The van der Waals surface area contributed by atoms with Crippen LogP contribution >= 0.6 is 0 Å². The van der Waals surface area contributed by atoms with Crippen LogP contribution in [0, 0.1) is 0 Å². The molecule has 0 radical (unpaired) electrons. The Morgan fingerprint density at radius 2 is 2.36 bits per heavy atom. The molecule has 1 aliphatic rings. The molecule has 1 unspecified atom stereocenters. The van der Waals surface area contributed by atoms with E-state index in [0.717, 1.165) is 6.42 Å². The van der Waals surface area contributed by atoms with E-state index in [2.05, 4.69) is 0 Å². The van der Waals surface area contributed by atoms with Crippen molar-refractivity contribution in [3.05, 3.63) is 11.6 Å². The Kier molecular flexibility index (Phi) is 2.65. The first-order valence-electron chi connectivity index (χ1n) is 3.69. The highest BCUT2D eigenvalue weighted by atomic mass is 16.7. The fourth-order valence-corrected chi connectivity index (χ4v) is 0.637. The van der Waals surface area contributed by atoms with Crippen molar-refractivity contribution in [2.75, 3.05) is 6.61 Å². The van der Waals surface area contributed by atoms with Gasteiger partial charge in [-0.25, -0.2) is 4.79 Å². The van der Waals surface area contributed by atoms with Crippen LogP contribution in [-0.2, 0) is 14.3 Å². The smallest absolute Gasteiger partial charge is 0.335 e. The molecule has 62 valence electrons. The lowest BCUT2D eigenvalue weighted by Gasteiger charge is -2.25. The lowest BCUT2D eigenvalue weighted by Crippen LogP contribution is -2.32. The molecule has 0 aromatic heterocycles. The summed E-state index contributed by atoms with van der Waals surface area (Å²) in [6.07, 6.45) is 2.25. The molecule has 1 atom stereocenters. The highest BCUT2D eigenvalue weighted by molar-refractivity contribution is 5.87. The molecule has 1 rings (SSSR count). The van der Waals surface area contributed by atoms with Gasteiger partial charge in [-0.1, -0.05) is 6.08 Å².